The third-order valence-electron chi connectivity index (χ3n) is 3.84. The average Bonchev–Trinajstić information content (AvgIpc) is 2.54. The molecule has 0 amide bonds. The van der Waals surface area contributed by atoms with E-state index in [1.54, 1.807) is 0 Å². The van der Waals surface area contributed by atoms with Crippen LogP contribution in [0.25, 0.3) is 11.1 Å². The number of carbonyl (C=O) groups is 1. The number of hydrogen-bond donors (Lipinski definition) is 0. The van der Waals surface area contributed by atoms with Crippen LogP contribution in [0.4, 0.5) is 0 Å². The standard InChI is InChI=1S/C21H24O2/c1-5-20(22)23-15-14-16-6-8-17(9-7-16)18-10-12-19(13-11-18)21(2,3)4/h5-13H,1,14-15H2,2-4H3. The highest BCUT2D eigenvalue weighted by Crippen LogP contribution is 2.26. The molecule has 0 aromatic heterocycles. The quantitative estimate of drug-likeness (QED) is 0.578. The summed E-state index contributed by atoms with van der Waals surface area (Å²) in [5.74, 6) is -0.374. The average molecular weight is 308 g/mol. The first-order valence-electron chi connectivity index (χ1n) is 7.89. The molecule has 0 saturated carbocycles. The fourth-order valence-corrected chi connectivity index (χ4v) is 2.35. The molecule has 120 valence electrons. The highest BCUT2D eigenvalue weighted by atomic mass is 16.5. The van der Waals surface area contributed by atoms with Gasteiger partial charge in [-0.25, -0.2) is 4.79 Å². The summed E-state index contributed by atoms with van der Waals surface area (Å²) in [5, 5.41) is 0. The van der Waals surface area contributed by atoms with Crippen molar-refractivity contribution < 1.29 is 9.53 Å². The fourth-order valence-electron chi connectivity index (χ4n) is 2.35. The second-order valence-corrected chi connectivity index (χ2v) is 6.65. The van der Waals surface area contributed by atoms with Gasteiger partial charge >= 0.3 is 5.97 Å². The molecule has 2 aromatic carbocycles. The van der Waals surface area contributed by atoms with Crippen molar-refractivity contribution in [2.75, 3.05) is 6.61 Å². The number of carbonyl (C=O) groups excluding carboxylic acids is 1. The van der Waals surface area contributed by atoms with Gasteiger partial charge in [0.1, 0.15) is 0 Å². The lowest BCUT2D eigenvalue weighted by Gasteiger charge is -2.19. The smallest absolute Gasteiger partial charge is 0.330 e. The minimum atomic E-state index is -0.374. The summed E-state index contributed by atoms with van der Waals surface area (Å²) in [4.78, 5) is 11.0. The Labute approximate surface area is 138 Å². The van der Waals surface area contributed by atoms with Crippen molar-refractivity contribution in [1.82, 2.24) is 0 Å². The van der Waals surface area contributed by atoms with Crippen LogP contribution < -0.4 is 0 Å². The van der Waals surface area contributed by atoms with Crippen LogP contribution in [0.2, 0.25) is 0 Å². The maximum atomic E-state index is 11.0. The van der Waals surface area contributed by atoms with Crippen molar-refractivity contribution >= 4 is 5.97 Å². The summed E-state index contributed by atoms with van der Waals surface area (Å²) in [6.07, 6.45) is 1.90. The molecule has 2 heteroatoms. The van der Waals surface area contributed by atoms with E-state index in [-0.39, 0.29) is 11.4 Å². The zero-order chi connectivity index (χ0) is 16.9. The van der Waals surface area contributed by atoms with Gasteiger partial charge in [-0.3, -0.25) is 0 Å². The topological polar surface area (TPSA) is 26.3 Å². The number of benzene rings is 2. The first kappa shape index (κ1) is 17.0. The Hall–Kier alpha value is -2.35. The molecule has 23 heavy (non-hydrogen) atoms. The summed E-state index contributed by atoms with van der Waals surface area (Å²) in [7, 11) is 0. The minimum absolute atomic E-state index is 0.172. The van der Waals surface area contributed by atoms with Crippen LogP contribution in [0, 0.1) is 0 Å². The fraction of sp³-hybridized carbons (Fsp3) is 0.286. The van der Waals surface area contributed by atoms with Crippen LogP contribution >= 0.6 is 0 Å². The Morgan fingerprint density at radius 3 is 2.00 bits per heavy atom. The molecule has 2 rings (SSSR count). The van der Waals surface area contributed by atoms with Gasteiger partial charge in [-0.15, -0.1) is 0 Å². The Balaban J connectivity index is 2.02. The van der Waals surface area contributed by atoms with E-state index in [0.29, 0.717) is 13.0 Å². The normalized spacial score (nSPS) is 11.1. The lowest BCUT2D eigenvalue weighted by atomic mass is 9.86. The van der Waals surface area contributed by atoms with Crippen LogP contribution in [0.1, 0.15) is 31.9 Å². The molecule has 0 unspecified atom stereocenters. The first-order chi connectivity index (χ1) is 10.9. The number of rotatable bonds is 5. The van der Waals surface area contributed by atoms with Crippen molar-refractivity contribution in [1.29, 1.82) is 0 Å². The maximum Gasteiger partial charge on any atom is 0.330 e. The molecule has 0 saturated heterocycles. The van der Waals surface area contributed by atoms with E-state index in [0.717, 1.165) is 5.56 Å². The summed E-state index contributed by atoms with van der Waals surface area (Å²) >= 11 is 0. The predicted molar refractivity (Wildman–Crippen MR) is 95.4 cm³/mol. The Morgan fingerprint density at radius 1 is 1.00 bits per heavy atom. The van der Waals surface area contributed by atoms with E-state index in [1.165, 1.54) is 22.8 Å². The predicted octanol–water partition coefficient (Wildman–Crippen LogP) is 4.92. The van der Waals surface area contributed by atoms with Gasteiger partial charge in [0, 0.05) is 12.5 Å². The number of hydrogen-bond acceptors (Lipinski definition) is 2. The maximum absolute atomic E-state index is 11.0. The van der Waals surface area contributed by atoms with E-state index in [1.807, 2.05) is 0 Å². The Kier molecular flexibility index (Phi) is 5.38. The summed E-state index contributed by atoms with van der Waals surface area (Å²) < 4.78 is 5.00. The molecule has 0 atom stereocenters. The van der Waals surface area contributed by atoms with Crippen LogP contribution in [0.5, 0.6) is 0 Å². The number of ether oxygens (including phenoxy) is 1. The van der Waals surface area contributed by atoms with E-state index >= 15 is 0 Å². The molecule has 0 aliphatic rings. The van der Waals surface area contributed by atoms with Crippen molar-refractivity contribution in [3.63, 3.8) is 0 Å². The second kappa shape index (κ2) is 7.28. The van der Waals surface area contributed by atoms with Crippen molar-refractivity contribution in [3.05, 3.63) is 72.3 Å². The molecule has 2 aromatic rings. The molecule has 0 heterocycles. The third kappa shape index (κ3) is 4.82. The molecule has 0 N–H and O–H groups in total. The van der Waals surface area contributed by atoms with Gasteiger partial charge in [-0.05, 0) is 27.7 Å². The monoisotopic (exact) mass is 308 g/mol. The number of esters is 1. The van der Waals surface area contributed by atoms with Crippen molar-refractivity contribution in [3.8, 4) is 11.1 Å². The van der Waals surface area contributed by atoms with Gasteiger partial charge in [0.25, 0.3) is 0 Å². The van der Waals surface area contributed by atoms with Gasteiger partial charge in [-0.2, -0.15) is 0 Å². The Bertz CT molecular complexity index is 658. The van der Waals surface area contributed by atoms with Gasteiger partial charge < -0.3 is 4.74 Å². The van der Waals surface area contributed by atoms with Crippen LogP contribution in [-0.2, 0) is 21.4 Å². The molecule has 0 bridgehead atoms. The van der Waals surface area contributed by atoms with E-state index in [9.17, 15) is 4.79 Å². The minimum Gasteiger partial charge on any atom is -0.462 e. The highest BCUT2D eigenvalue weighted by Gasteiger charge is 2.12. The van der Waals surface area contributed by atoms with Gasteiger partial charge in [-0.1, -0.05) is 75.9 Å². The molecule has 0 radical (unpaired) electrons. The highest BCUT2D eigenvalue weighted by molar-refractivity contribution is 5.81. The zero-order valence-corrected chi connectivity index (χ0v) is 14.1. The van der Waals surface area contributed by atoms with Gasteiger partial charge in [0.2, 0.25) is 0 Å². The van der Waals surface area contributed by atoms with Crippen LogP contribution in [0.3, 0.4) is 0 Å². The summed E-state index contributed by atoms with van der Waals surface area (Å²) in [6.45, 7) is 10.4. The lowest BCUT2D eigenvalue weighted by molar-refractivity contribution is -0.137. The molecular weight excluding hydrogens is 284 g/mol. The van der Waals surface area contributed by atoms with E-state index in [2.05, 4.69) is 75.9 Å². The van der Waals surface area contributed by atoms with Crippen LogP contribution in [-0.4, -0.2) is 12.6 Å². The summed E-state index contributed by atoms with van der Waals surface area (Å²) in [6, 6.07) is 17.1. The van der Waals surface area contributed by atoms with Crippen molar-refractivity contribution in [2.24, 2.45) is 0 Å². The third-order valence-corrected chi connectivity index (χ3v) is 3.84. The van der Waals surface area contributed by atoms with E-state index in [4.69, 9.17) is 4.74 Å². The molecule has 0 spiro atoms. The zero-order valence-electron chi connectivity index (χ0n) is 14.1. The SMILES string of the molecule is C=CC(=O)OCCc1ccc(-c2ccc(C(C)(C)C)cc2)cc1. The van der Waals surface area contributed by atoms with Gasteiger partial charge in [0.15, 0.2) is 0 Å². The first-order valence-corrected chi connectivity index (χ1v) is 7.89. The largest absolute Gasteiger partial charge is 0.462 e. The molecule has 0 aliphatic heterocycles. The molecular formula is C21H24O2. The summed E-state index contributed by atoms with van der Waals surface area (Å²) in [5.41, 5.74) is 5.06. The van der Waals surface area contributed by atoms with Gasteiger partial charge in [0.05, 0.1) is 6.61 Å². The van der Waals surface area contributed by atoms with Crippen LogP contribution in [0.15, 0.2) is 61.2 Å². The van der Waals surface area contributed by atoms with Crippen molar-refractivity contribution in [2.45, 2.75) is 32.6 Å². The molecule has 0 fully saturated rings. The lowest BCUT2D eigenvalue weighted by Crippen LogP contribution is -2.10. The molecule has 2 nitrogen and oxygen atoms in total. The molecule has 0 aliphatic carbocycles. The Morgan fingerprint density at radius 2 is 1.52 bits per heavy atom. The van der Waals surface area contributed by atoms with E-state index < -0.39 is 0 Å². The second-order valence-electron chi connectivity index (χ2n) is 6.65.